The van der Waals surface area contributed by atoms with Crippen molar-refractivity contribution in [3.63, 3.8) is 0 Å². The maximum absolute atomic E-state index is 12.3. The lowest BCUT2D eigenvalue weighted by atomic mass is 10.1. The van der Waals surface area contributed by atoms with Crippen molar-refractivity contribution in [3.8, 4) is 0 Å². The molecule has 7 nitrogen and oxygen atoms in total. The Kier molecular flexibility index (Phi) is 6.22. The van der Waals surface area contributed by atoms with Crippen LogP contribution in [0.4, 0.5) is 16.3 Å². The van der Waals surface area contributed by atoms with Crippen LogP contribution in [0.1, 0.15) is 47.0 Å². The van der Waals surface area contributed by atoms with Gasteiger partial charge in [-0.1, -0.05) is 0 Å². The van der Waals surface area contributed by atoms with Gasteiger partial charge in [0.05, 0.1) is 5.69 Å². The molecule has 7 heteroatoms. The third kappa shape index (κ3) is 5.92. The highest BCUT2D eigenvalue weighted by Crippen LogP contribution is 2.25. The average Bonchev–Trinajstić information content (AvgIpc) is 2.54. The average molecular weight is 347 g/mol. The second-order valence-corrected chi connectivity index (χ2v) is 7.48. The Hall–Kier alpha value is -2.31. The zero-order valence-corrected chi connectivity index (χ0v) is 15.6. The van der Waals surface area contributed by atoms with E-state index >= 15 is 0 Å². The van der Waals surface area contributed by atoms with Crippen molar-refractivity contribution in [2.45, 2.75) is 58.5 Å². The summed E-state index contributed by atoms with van der Waals surface area (Å²) >= 11 is 0. The first-order chi connectivity index (χ1) is 11.8. The molecule has 1 atom stereocenters. The van der Waals surface area contributed by atoms with Gasteiger partial charge < -0.3 is 20.9 Å². The first-order valence-corrected chi connectivity index (χ1v) is 8.86. The second kappa shape index (κ2) is 8.18. The fourth-order valence-corrected chi connectivity index (χ4v) is 2.75. The fourth-order valence-electron chi connectivity index (χ4n) is 2.75. The molecule has 2 rings (SSSR count). The third-order valence-corrected chi connectivity index (χ3v) is 3.93. The minimum Gasteiger partial charge on any atom is -0.355 e. The predicted molar refractivity (Wildman–Crippen MR) is 99.8 cm³/mol. The third-order valence-electron chi connectivity index (χ3n) is 3.93. The Morgan fingerprint density at radius 3 is 2.52 bits per heavy atom. The molecule has 1 aromatic heterocycles. The van der Waals surface area contributed by atoms with E-state index in [2.05, 4.69) is 25.8 Å². The van der Waals surface area contributed by atoms with Crippen LogP contribution in [-0.2, 0) is 4.79 Å². The molecule has 1 aromatic rings. The lowest BCUT2D eigenvalue weighted by Gasteiger charge is -2.29. The Morgan fingerprint density at radius 1 is 1.20 bits per heavy atom. The quantitative estimate of drug-likeness (QED) is 0.781. The molecule has 138 valence electrons. The second-order valence-electron chi connectivity index (χ2n) is 7.48. The number of amides is 3. The Labute approximate surface area is 149 Å². The predicted octanol–water partition coefficient (Wildman–Crippen LogP) is 2.50. The summed E-state index contributed by atoms with van der Waals surface area (Å²) in [6.07, 6.45) is 5.22. The highest BCUT2D eigenvalue weighted by molar-refractivity contribution is 5.95. The van der Waals surface area contributed by atoms with Crippen molar-refractivity contribution in [1.82, 2.24) is 15.6 Å². The standard InChI is InChI=1S/C18H29N5O2/c1-13(16(24)22-18(2,3)4)20-17(25)21-14-9-8-10-19-15(14)23-11-6-5-7-12-23/h8-10,13H,5-7,11-12H2,1-4H3,(H,22,24)(H2,20,21,25)/t13-/m0/s1. The fraction of sp³-hybridized carbons (Fsp3) is 0.611. The first kappa shape index (κ1) is 19.0. The normalized spacial score (nSPS) is 16.1. The number of piperidine rings is 1. The summed E-state index contributed by atoms with van der Waals surface area (Å²) in [4.78, 5) is 31.0. The molecule has 0 bridgehead atoms. The van der Waals surface area contributed by atoms with Gasteiger partial charge in [-0.2, -0.15) is 0 Å². The smallest absolute Gasteiger partial charge is 0.319 e. The van der Waals surface area contributed by atoms with E-state index in [0.717, 1.165) is 31.7 Å². The molecular formula is C18H29N5O2. The summed E-state index contributed by atoms with van der Waals surface area (Å²) < 4.78 is 0. The number of nitrogens with zero attached hydrogens (tertiary/aromatic N) is 2. The van der Waals surface area contributed by atoms with Crippen LogP contribution in [0.15, 0.2) is 18.3 Å². The maximum Gasteiger partial charge on any atom is 0.319 e. The van der Waals surface area contributed by atoms with Gasteiger partial charge >= 0.3 is 6.03 Å². The molecule has 25 heavy (non-hydrogen) atoms. The summed E-state index contributed by atoms with van der Waals surface area (Å²) in [6, 6.07) is 2.58. The lowest BCUT2D eigenvalue weighted by Crippen LogP contribution is -2.51. The summed E-state index contributed by atoms with van der Waals surface area (Å²) in [7, 11) is 0. The number of carbonyl (C=O) groups excluding carboxylic acids is 2. The van der Waals surface area contributed by atoms with Crippen molar-refractivity contribution in [3.05, 3.63) is 18.3 Å². The molecule has 0 aromatic carbocycles. The highest BCUT2D eigenvalue weighted by atomic mass is 16.2. The number of rotatable bonds is 4. The van der Waals surface area contributed by atoms with Gasteiger partial charge in [0, 0.05) is 24.8 Å². The van der Waals surface area contributed by atoms with Crippen LogP contribution in [-0.4, -0.2) is 41.6 Å². The molecule has 0 radical (unpaired) electrons. The molecule has 0 saturated carbocycles. The zero-order chi connectivity index (χ0) is 18.4. The molecule has 3 amide bonds. The summed E-state index contributed by atoms with van der Waals surface area (Å²) in [5, 5.41) is 8.34. The minimum absolute atomic E-state index is 0.218. The van der Waals surface area contributed by atoms with E-state index in [-0.39, 0.29) is 11.4 Å². The van der Waals surface area contributed by atoms with E-state index in [1.54, 1.807) is 19.2 Å². The molecule has 2 heterocycles. The van der Waals surface area contributed by atoms with Crippen molar-refractivity contribution in [1.29, 1.82) is 0 Å². The van der Waals surface area contributed by atoms with Crippen molar-refractivity contribution < 1.29 is 9.59 Å². The molecule has 1 fully saturated rings. The van der Waals surface area contributed by atoms with Crippen molar-refractivity contribution >= 4 is 23.4 Å². The lowest BCUT2D eigenvalue weighted by molar-refractivity contribution is -0.123. The van der Waals surface area contributed by atoms with Gasteiger partial charge in [0.15, 0.2) is 5.82 Å². The molecular weight excluding hydrogens is 318 g/mol. The number of urea groups is 1. The number of hydrogen-bond donors (Lipinski definition) is 3. The molecule has 0 unspecified atom stereocenters. The molecule has 1 saturated heterocycles. The summed E-state index contributed by atoms with van der Waals surface area (Å²) in [6.45, 7) is 9.25. The van der Waals surface area contributed by atoms with E-state index in [1.807, 2.05) is 26.8 Å². The largest absolute Gasteiger partial charge is 0.355 e. The van der Waals surface area contributed by atoms with Gasteiger partial charge in [0.1, 0.15) is 6.04 Å². The van der Waals surface area contributed by atoms with Crippen LogP contribution in [0.25, 0.3) is 0 Å². The Morgan fingerprint density at radius 2 is 1.88 bits per heavy atom. The van der Waals surface area contributed by atoms with Gasteiger partial charge in [0.2, 0.25) is 5.91 Å². The molecule has 1 aliphatic rings. The van der Waals surface area contributed by atoms with E-state index in [9.17, 15) is 9.59 Å². The van der Waals surface area contributed by atoms with Gasteiger partial charge in [-0.25, -0.2) is 9.78 Å². The first-order valence-electron chi connectivity index (χ1n) is 8.86. The van der Waals surface area contributed by atoms with Crippen molar-refractivity contribution in [2.24, 2.45) is 0 Å². The van der Waals surface area contributed by atoms with Crippen molar-refractivity contribution in [2.75, 3.05) is 23.3 Å². The van der Waals surface area contributed by atoms with Gasteiger partial charge in [-0.15, -0.1) is 0 Å². The van der Waals surface area contributed by atoms with Gasteiger partial charge in [0.25, 0.3) is 0 Å². The monoisotopic (exact) mass is 347 g/mol. The van der Waals surface area contributed by atoms with Gasteiger partial charge in [-0.3, -0.25) is 4.79 Å². The Balaban J connectivity index is 1.97. The molecule has 0 aliphatic carbocycles. The zero-order valence-electron chi connectivity index (χ0n) is 15.6. The minimum atomic E-state index is -0.630. The molecule has 0 spiro atoms. The number of carbonyl (C=O) groups is 2. The highest BCUT2D eigenvalue weighted by Gasteiger charge is 2.22. The Bertz CT molecular complexity index is 606. The van der Waals surface area contributed by atoms with E-state index in [1.165, 1.54) is 6.42 Å². The molecule has 3 N–H and O–H groups in total. The van der Waals surface area contributed by atoms with Crippen LogP contribution in [0.5, 0.6) is 0 Å². The van der Waals surface area contributed by atoms with Gasteiger partial charge in [-0.05, 0) is 59.1 Å². The van der Waals surface area contributed by atoms with Crippen LogP contribution >= 0.6 is 0 Å². The number of nitrogens with one attached hydrogen (secondary N) is 3. The van der Waals surface area contributed by atoms with E-state index in [4.69, 9.17) is 0 Å². The maximum atomic E-state index is 12.3. The number of pyridine rings is 1. The van der Waals surface area contributed by atoms with Crippen LogP contribution in [0.2, 0.25) is 0 Å². The van der Waals surface area contributed by atoms with Crippen LogP contribution in [0, 0.1) is 0 Å². The number of aromatic nitrogens is 1. The van der Waals surface area contributed by atoms with E-state index < -0.39 is 12.1 Å². The summed E-state index contributed by atoms with van der Waals surface area (Å²) in [5.41, 5.74) is 0.319. The molecule has 1 aliphatic heterocycles. The summed E-state index contributed by atoms with van der Waals surface area (Å²) in [5.74, 6) is 0.564. The SMILES string of the molecule is C[C@H](NC(=O)Nc1cccnc1N1CCCCC1)C(=O)NC(C)(C)C. The number of anilines is 2. The topological polar surface area (TPSA) is 86.4 Å². The van der Waals surface area contributed by atoms with Crippen LogP contribution in [0.3, 0.4) is 0 Å². The number of hydrogen-bond acceptors (Lipinski definition) is 4. The van der Waals surface area contributed by atoms with E-state index in [0.29, 0.717) is 5.69 Å². The van der Waals surface area contributed by atoms with Crippen LogP contribution < -0.4 is 20.9 Å².